The minimum atomic E-state index is -0.681. The minimum Gasteiger partial charge on any atom is -0.490 e. The molecule has 170 valence electrons. The highest BCUT2D eigenvalue weighted by molar-refractivity contribution is 6.30. The second-order valence-corrected chi connectivity index (χ2v) is 8.01. The van der Waals surface area contributed by atoms with E-state index < -0.39 is 18.0 Å². The van der Waals surface area contributed by atoms with Crippen molar-refractivity contribution in [3.63, 3.8) is 0 Å². The highest BCUT2D eigenvalue weighted by Crippen LogP contribution is 2.35. The number of benzene rings is 2. The summed E-state index contributed by atoms with van der Waals surface area (Å²) in [6.45, 7) is 7.87. The van der Waals surface area contributed by atoms with Crippen molar-refractivity contribution in [1.29, 1.82) is 0 Å². The van der Waals surface area contributed by atoms with Gasteiger partial charge in [-0.25, -0.2) is 9.59 Å². The second kappa shape index (κ2) is 10.4. The number of nitrogens with one attached hydrogen (secondary N) is 2. The monoisotopic (exact) mass is 458 g/mol. The minimum absolute atomic E-state index is 0.288. The normalized spacial score (nSPS) is 15.8. The van der Waals surface area contributed by atoms with Crippen LogP contribution in [-0.2, 0) is 16.1 Å². The average Bonchev–Trinajstić information content (AvgIpc) is 2.73. The molecule has 1 aliphatic rings. The average molecular weight is 459 g/mol. The molecule has 7 nitrogen and oxygen atoms in total. The Balaban J connectivity index is 1.89. The molecule has 32 heavy (non-hydrogen) atoms. The molecule has 1 heterocycles. The van der Waals surface area contributed by atoms with Gasteiger partial charge in [0.2, 0.25) is 0 Å². The quantitative estimate of drug-likeness (QED) is 0.549. The Bertz CT molecular complexity index is 1020. The number of urea groups is 1. The Hall–Kier alpha value is -3.19. The van der Waals surface area contributed by atoms with E-state index in [1.165, 1.54) is 0 Å². The third kappa shape index (κ3) is 5.73. The Morgan fingerprint density at radius 3 is 2.47 bits per heavy atom. The molecule has 0 aromatic heterocycles. The molecule has 2 amide bonds. The van der Waals surface area contributed by atoms with Gasteiger partial charge in [-0.15, -0.1) is 0 Å². The van der Waals surface area contributed by atoms with E-state index >= 15 is 0 Å². The van der Waals surface area contributed by atoms with Gasteiger partial charge < -0.3 is 24.8 Å². The summed E-state index contributed by atoms with van der Waals surface area (Å²) in [6.07, 6.45) is -0.288. The number of amides is 2. The van der Waals surface area contributed by atoms with Gasteiger partial charge in [0.15, 0.2) is 11.5 Å². The topological polar surface area (TPSA) is 85.9 Å². The fraction of sp³-hybridized carbons (Fsp3) is 0.333. The zero-order valence-corrected chi connectivity index (χ0v) is 19.3. The van der Waals surface area contributed by atoms with Crippen LogP contribution in [0.1, 0.15) is 44.9 Å². The van der Waals surface area contributed by atoms with Crippen molar-refractivity contribution in [3.05, 3.63) is 69.9 Å². The van der Waals surface area contributed by atoms with Crippen molar-refractivity contribution in [3.8, 4) is 11.5 Å². The molecule has 0 saturated carbocycles. The van der Waals surface area contributed by atoms with Crippen molar-refractivity contribution >= 4 is 23.6 Å². The summed E-state index contributed by atoms with van der Waals surface area (Å²) in [7, 11) is 0. The molecule has 2 aromatic rings. The fourth-order valence-electron chi connectivity index (χ4n) is 3.33. The predicted octanol–water partition coefficient (Wildman–Crippen LogP) is 4.90. The zero-order valence-electron chi connectivity index (χ0n) is 18.5. The number of hydrogen-bond acceptors (Lipinski definition) is 5. The molecular formula is C24H27ClN2O5. The fourth-order valence-corrected chi connectivity index (χ4v) is 3.45. The smallest absolute Gasteiger partial charge is 0.338 e. The first-order valence-corrected chi connectivity index (χ1v) is 10.8. The van der Waals surface area contributed by atoms with Crippen LogP contribution in [0.3, 0.4) is 0 Å². The van der Waals surface area contributed by atoms with Crippen LogP contribution >= 0.6 is 11.6 Å². The summed E-state index contributed by atoms with van der Waals surface area (Å²) in [5.41, 5.74) is 2.43. The molecular weight excluding hydrogens is 432 g/mol. The van der Waals surface area contributed by atoms with Gasteiger partial charge in [-0.05, 0) is 63.1 Å². The zero-order chi connectivity index (χ0) is 23.3. The van der Waals surface area contributed by atoms with Gasteiger partial charge in [-0.2, -0.15) is 0 Å². The van der Waals surface area contributed by atoms with E-state index in [4.69, 9.17) is 25.8 Å². The van der Waals surface area contributed by atoms with Crippen LogP contribution in [0.5, 0.6) is 11.5 Å². The lowest BCUT2D eigenvalue weighted by atomic mass is 9.95. The number of hydrogen-bond donors (Lipinski definition) is 2. The van der Waals surface area contributed by atoms with Crippen LogP contribution in [-0.4, -0.2) is 24.7 Å². The van der Waals surface area contributed by atoms with Crippen LogP contribution < -0.4 is 20.1 Å². The molecule has 0 fully saturated rings. The number of halogens is 1. The molecule has 0 saturated heterocycles. The second-order valence-electron chi connectivity index (χ2n) is 7.58. The third-order valence-corrected chi connectivity index (χ3v) is 4.99. The van der Waals surface area contributed by atoms with Crippen molar-refractivity contribution in [2.45, 2.75) is 46.4 Å². The molecule has 3 rings (SSSR count). The van der Waals surface area contributed by atoms with Gasteiger partial charge in [0.25, 0.3) is 0 Å². The number of allylic oxidation sites excluding steroid dienone is 1. The molecule has 0 spiro atoms. The van der Waals surface area contributed by atoms with Crippen LogP contribution in [0.2, 0.25) is 5.02 Å². The lowest BCUT2D eigenvalue weighted by Crippen LogP contribution is -2.45. The first-order valence-electron chi connectivity index (χ1n) is 10.4. The number of rotatable bonds is 8. The molecule has 1 atom stereocenters. The van der Waals surface area contributed by atoms with Crippen LogP contribution in [0.15, 0.2) is 53.7 Å². The first-order chi connectivity index (χ1) is 15.3. The van der Waals surface area contributed by atoms with Gasteiger partial charge in [0, 0.05) is 10.7 Å². The van der Waals surface area contributed by atoms with Crippen molar-refractivity contribution in [1.82, 2.24) is 10.6 Å². The number of carbonyl (C=O) groups is 2. The molecule has 0 aliphatic carbocycles. The summed E-state index contributed by atoms with van der Waals surface area (Å²) >= 11 is 5.94. The van der Waals surface area contributed by atoms with Crippen molar-refractivity contribution in [2.75, 3.05) is 6.61 Å². The van der Waals surface area contributed by atoms with Crippen molar-refractivity contribution in [2.24, 2.45) is 0 Å². The third-order valence-electron chi connectivity index (χ3n) is 4.74. The lowest BCUT2D eigenvalue weighted by molar-refractivity contribution is -0.143. The molecule has 1 unspecified atom stereocenters. The largest absolute Gasteiger partial charge is 0.490 e. The van der Waals surface area contributed by atoms with Gasteiger partial charge >= 0.3 is 12.0 Å². The predicted molar refractivity (Wildman–Crippen MR) is 122 cm³/mol. The lowest BCUT2D eigenvalue weighted by Gasteiger charge is -2.29. The van der Waals surface area contributed by atoms with Gasteiger partial charge in [0.05, 0.1) is 24.3 Å². The van der Waals surface area contributed by atoms with E-state index in [-0.39, 0.29) is 6.10 Å². The highest BCUT2D eigenvalue weighted by Gasteiger charge is 2.33. The maximum Gasteiger partial charge on any atom is 0.338 e. The Morgan fingerprint density at radius 1 is 1.09 bits per heavy atom. The van der Waals surface area contributed by atoms with E-state index in [9.17, 15) is 9.59 Å². The summed E-state index contributed by atoms with van der Waals surface area (Å²) in [5, 5.41) is 6.10. The molecule has 0 radical (unpaired) electrons. The molecule has 1 aliphatic heterocycles. The Morgan fingerprint density at radius 2 is 1.81 bits per heavy atom. The van der Waals surface area contributed by atoms with E-state index in [1.807, 2.05) is 19.1 Å². The van der Waals surface area contributed by atoms with E-state index in [0.717, 1.165) is 5.56 Å². The van der Waals surface area contributed by atoms with Crippen LogP contribution in [0.25, 0.3) is 0 Å². The van der Waals surface area contributed by atoms with E-state index in [0.29, 0.717) is 46.6 Å². The van der Waals surface area contributed by atoms with Crippen LogP contribution in [0.4, 0.5) is 4.79 Å². The molecule has 2 N–H and O–H groups in total. The SMILES string of the molecule is CCOc1cc(C2NC(=O)NC(C)=C2C(=O)OC(C)C)ccc1OCc1ccc(Cl)cc1. The van der Waals surface area contributed by atoms with E-state index in [1.54, 1.807) is 51.1 Å². The number of carbonyl (C=O) groups excluding carboxylic acids is 2. The summed E-state index contributed by atoms with van der Waals surface area (Å²) in [5.74, 6) is 0.579. The Kier molecular flexibility index (Phi) is 7.64. The summed E-state index contributed by atoms with van der Waals surface area (Å²) < 4.78 is 17.1. The first kappa shape index (κ1) is 23.5. The summed E-state index contributed by atoms with van der Waals surface area (Å²) in [4.78, 5) is 24.9. The van der Waals surface area contributed by atoms with Gasteiger partial charge in [-0.1, -0.05) is 29.8 Å². The van der Waals surface area contributed by atoms with E-state index in [2.05, 4.69) is 10.6 Å². The number of ether oxygens (including phenoxy) is 3. The maximum absolute atomic E-state index is 12.7. The molecule has 8 heteroatoms. The highest BCUT2D eigenvalue weighted by atomic mass is 35.5. The van der Waals surface area contributed by atoms with Gasteiger partial charge in [0.1, 0.15) is 6.61 Å². The standard InChI is InChI=1S/C24H27ClN2O5/c1-5-30-20-12-17(8-11-19(20)31-13-16-6-9-18(25)10-7-16)22-21(23(28)32-14(2)3)15(4)26-24(29)27-22/h6-12,14,22H,5,13H2,1-4H3,(H2,26,27,29). The number of esters is 1. The maximum atomic E-state index is 12.7. The molecule has 0 bridgehead atoms. The van der Waals surface area contributed by atoms with Crippen LogP contribution in [0, 0.1) is 0 Å². The van der Waals surface area contributed by atoms with Gasteiger partial charge in [-0.3, -0.25) is 0 Å². The summed E-state index contributed by atoms with van der Waals surface area (Å²) in [6, 6.07) is 11.7. The van der Waals surface area contributed by atoms with Crippen molar-refractivity contribution < 1.29 is 23.8 Å². The Labute approximate surface area is 192 Å². The molecule has 2 aromatic carbocycles.